The van der Waals surface area contributed by atoms with E-state index in [2.05, 4.69) is 10.2 Å². The van der Waals surface area contributed by atoms with Gasteiger partial charge in [-0.05, 0) is 45.0 Å². The van der Waals surface area contributed by atoms with Crippen molar-refractivity contribution < 1.29 is 14.3 Å². The molecule has 1 N–H and O–H groups in total. The summed E-state index contributed by atoms with van der Waals surface area (Å²) in [7, 11) is 0. The highest BCUT2D eigenvalue weighted by Gasteiger charge is 2.25. The highest BCUT2D eigenvalue weighted by molar-refractivity contribution is 5.81. The number of rotatable bonds is 4. The molecule has 0 spiro atoms. The van der Waals surface area contributed by atoms with E-state index in [0.29, 0.717) is 13.2 Å². The second-order valence-corrected chi connectivity index (χ2v) is 6.37. The third-order valence-electron chi connectivity index (χ3n) is 4.64. The molecule has 1 aromatic carbocycles. The third kappa shape index (κ3) is 4.16. The Morgan fingerprint density at radius 3 is 2.65 bits per heavy atom. The SMILES string of the molecule is CC(C(=O)NCC1COc2ccccc2O1)N1CCCCCC1. The fourth-order valence-electron chi connectivity index (χ4n) is 3.17. The molecule has 2 heterocycles. The zero-order valence-corrected chi connectivity index (χ0v) is 13.8. The van der Waals surface area contributed by atoms with Gasteiger partial charge in [-0.1, -0.05) is 25.0 Å². The van der Waals surface area contributed by atoms with Crippen molar-refractivity contribution in [3.05, 3.63) is 24.3 Å². The molecule has 1 aromatic rings. The number of ether oxygens (including phenoxy) is 2. The summed E-state index contributed by atoms with van der Waals surface area (Å²) in [4.78, 5) is 14.7. The Labute approximate surface area is 137 Å². The van der Waals surface area contributed by atoms with Crippen LogP contribution in [0.4, 0.5) is 0 Å². The number of carbonyl (C=O) groups is 1. The van der Waals surface area contributed by atoms with E-state index in [1.807, 2.05) is 31.2 Å². The first-order chi connectivity index (χ1) is 11.2. The maximum absolute atomic E-state index is 12.4. The Morgan fingerprint density at radius 1 is 1.22 bits per heavy atom. The Bertz CT molecular complexity index is 527. The molecule has 5 nitrogen and oxygen atoms in total. The van der Waals surface area contributed by atoms with E-state index < -0.39 is 0 Å². The number of para-hydroxylation sites is 2. The van der Waals surface area contributed by atoms with Gasteiger partial charge in [0.25, 0.3) is 0 Å². The van der Waals surface area contributed by atoms with Crippen LogP contribution in [0, 0.1) is 0 Å². The van der Waals surface area contributed by atoms with Crippen LogP contribution in [0.1, 0.15) is 32.6 Å². The van der Waals surface area contributed by atoms with Crippen LogP contribution in [0.2, 0.25) is 0 Å². The molecule has 0 radical (unpaired) electrons. The van der Waals surface area contributed by atoms with Crippen LogP contribution < -0.4 is 14.8 Å². The molecular weight excluding hydrogens is 292 g/mol. The number of benzene rings is 1. The first kappa shape index (κ1) is 16.1. The number of nitrogens with one attached hydrogen (secondary N) is 1. The van der Waals surface area contributed by atoms with Crippen LogP contribution in [-0.2, 0) is 4.79 Å². The number of hydrogen-bond donors (Lipinski definition) is 1. The molecule has 2 aliphatic heterocycles. The van der Waals surface area contributed by atoms with Gasteiger partial charge in [-0.15, -0.1) is 0 Å². The lowest BCUT2D eigenvalue weighted by Gasteiger charge is -2.29. The second kappa shape index (κ2) is 7.68. The average Bonchev–Trinajstić information content (AvgIpc) is 2.88. The van der Waals surface area contributed by atoms with Gasteiger partial charge in [-0.25, -0.2) is 0 Å². The maximum Gasteiger partial charge on any atom is 0.237 e. The van der Waals surface area contributed by atoms with Gasteiger partial charge in [0.05, 0.1) is 12.6 Å². The van der Waals surface area contributed by atoms with Crippen LogP contribution in [0.5, 0.6) is 11.5 Å². The normalized spacial score (nSPS) is 22.9. The van der Waals surface area contributed by atoms with Gasteiger partial charge in [0.1, 0.15) is 12.7 Å². The van der Waals surface area contributed by atoms with E-state index in [1.54, 1.807) is 0 Å². The Kier molecular flexibility index (Phi) is 5.39. The molecule has 3 rings (SSSR count). The Hall–Kier alpha value is -1.75. The van der Waals surface area contributed by atoms with Crippen molar-refractivity contribution in [2.24, 2.45) is 0 Å². The molecule has 1 amide bonds. The number of fused-ring (bicyclic) bond motifs is 1. The lowest BCUT2D eigenvalue weighted by Crippen LogP contribution is -2.49. The zero-order valence-electron chi connectivity index (χ0n) is 13.8. The van der Waals surface area contributed by atoms with Crippen LogP contribution in [0.15, 0.2) is 24.3 Å². The predicted molar refractivity (Wildman–Crippen MR) is 88.9 cm³/mol. The lowest BCUT2D eigenvalue weighted by atomic mass is 10.2. The minimum Gasteiger partial charge on any atom is -0.486 e. The highest BCUT2D eigenvalue weighted by atomic mass is 16.6. The average molecular weight is 318 g/mol. The molecule has 23 heavy (non-hydrogen) atoms. The van der Waals surface area contributed by atoms with Crippen molar-refractivity contribution in [3.63, 3.8) is 0 Å². The summed E-state index contributed by atoms with van der Waals surface area (Å²) in [6.07, 6.45) is 4.79. The van der Waals surface area contributed by atoms with Crippen LogP contribution in [0.25, 0.3) is 0 Å². The van der Waals surface area contributed by atoms with Gasteiger partial charge in [0.15, 0.2) is 11.5 Å². The topological polar surface area (TPSA) is 50.8 Å². The second-order valence-electron chi connectivity index (χ2n) is 6.37. The Balaban J connectivity index is 1.47. The van der Waals surface area contributed by atoms with Crippen LogP contribution >= 0.6 is 0 Å². The van der Waals surface area contributed by atoms with Gasteiger partial charge in [0, 0.05) is 0 Å². The molecule has 0 aromatic heterocycles. The third-order valence-corrected chi connectivity index (χ3v) is 4.64. The summed E-state index contributed by atoms with van der Waals surface area (Å²) < 4.78 is 11.5. The van der Waals surface area contributed by atoms with Gasteiger partial charge in [-0.2, -0.15) is 0 Å². The first-order valence-corrected chi connectivity index (χ1v) is 8.64. The number of nitrogens with zero attached hydrogens (tertiary/aromatic N) is 1. The fraction of sp³-hybridized carbons (Fsp3) is 0.611. The summed E-state index contributed by atoms with van der Waals surface area (Å²) in [5.41, 5.74) is 0. The number of amides is 1. The molecular formula is C18H26N2O3. The van der Waals surface area contributed by atoms with Crippen molar-refractivity contribution in [2.75, 3.05) is 26.2 Å². The van der Waals surface area contributed by atoms with Crippen molar-refractivity contribution >= 4 is 5.91 Å². The fourth-order valence-corrected chi connectivity index (χ4v) is 3.17. The molecule has 2 atom stereocenters. The van der Waals surface area contributed by atoms with Crippen LogP contribution in [0.3, 0.4) is 0 Å². The minimum atomic E-state index is -0.134. The standard InChI is InChI=1S/C18H26N2O3/c1-14(20-10-6-2-3-7-11-20)18(21)19-12-15-13-22-16-8-4-5-9-17(16)23-15/h4-5,8-9,14-15H,2-3,6-7,10-13H2,1H3,(H,19,21). The molecule has 1 saturated heterocycles. The summed E-state index contributed by atoms with van der Waals surface area (Å²) >= 11 is 0. The monoisotopic (exact) mass is 318 g/mol. The van der Waals surface area contributed by atoms with E-state index in [-0.39, 0.29) is 18.1 Å². The quantitative estimate of drug-likeness (QED) is 0.925. The highest BCUT2D eigenvalue weighted by Crippen LogP contribution is 2.30. The number of carbonyl (C=O) groups excluding carboxylic acids is 1. The predicted octanol–water partition coefficient (Wildman–Crippen LogP) is 2.21. The minimum absolute atomic E-state index is 0.0781. The molecule has 1 fully saturated rings. The van der Waals surface area contributed by atoms with E-state index in [9.17, 15) is 4.79 Å². The lowest BCUT2D eigenvalue weighted by molar-refractivity contribution is -0.126. The van der Waals surface area contributed by atoms with Crippen molar-refractivity contribution in [1.29, 1.82) is 0 Å². The van der Waals surface area contributed by atoms with Crippen LogP contribution in [-0.4, -0.2) is 49.2 Å². The molecule has 0 bridgehead atoms. The molecule has 126 valence electrons. The molecule has 0 aliphatic carbocycles. The summed E-state index contributed by atoms with van der Waals surface area (Å²) in [6, 6.07) is 7.55. The van der Waals surface area contributed by atoms with E-state index in [0.717, 1.165) is 24.6 Å². The van der Waals surface area contributed by atoms with Crippen molar-refractivity contribution in [1.82, 2.24) is 10.2 Å². The molecule has 2 aliphatic rings. The van der Waals surface area contributed by atoms with Gasteiger partial charge < -0.3 is 14.8 Å². The van der Waals surface area contributed by atoms with Gasteiger partial charge in [0.2, 0.25) is 5.91 Å². The van der Waals surface area contributed by atoms with E-state index >= 15 is 0 Å². The summed E-state index contributed by atoms with van der Waals surface area (Å²) in [6.45, 7) is 4.98. The summed E-state index contributed by atoms with van der Waals surface area (Å²) in [5.74, 6) is 1.60. The largest absolute Gasteiger partial charge is 0.486 e. The summed E-state index contributed by atoms with van der Waals surface area (Å²) in [5, 5.41) is 3.02. The van der Waals surface area contributed by atoms with E-state index in [1.165, 1.54) is 25.7 Å². The number of hydrogen-bond acceptors (Lipinski definition) is 4. The maximum atomic E-state index is 12.4. The molecule has 5 heteroatoms. The first-order valence-electron chi connectivity index (χ1n) is 8.64. The zero-order chi connectivity index (χ0) is 16.1. The molecule has 2 unspecified atom stereocenters. The molecule has 0 saturated carbocycles. The number of likely N-dealkylation sites (tertiary alicyclic amines) is 1. The van der Waals surface area contributed by atoms with Gasteiger partial charge >= 0.3 is 0 Å². The van der Waals surface area contributed by atoms with Crippen molar-refractivity contribution in [3.8, 4) is 11.5 Å². The van der Waals surface area contributed by atoms with Gasteiger partial charge in [-0.3, -0.25) is 9.69 Å². The Morgan fingerprint density at radius 2 is 1.91 bits per heavy atom. The van der Waals surface area contributed by atoms with E-state index in [4.69, 9.17) is 9.47 Å². The van der Waals surface area contributed by atoms with Crippen molar-refractivity contribution in [2.45, 2.75) is 44.8 Å². The smallest absolute Gasteiger partial charge is 0.237 e.